The molecule has 11 rings (SSSR count). The zero-order chi connectivity index (χ0) is 34.9. The van der Waals surface area contributed by atoms with Crippen LogP contribution in [0.5, 0.6) is 0 Å². The lowest BCUT2D eigenvalue weighted by molar-refractivity contribution is 0.669. The van der Waals surface area contributed by atoms with E-state index in [2.05, 4.69) is 181 Å². The molecule has 2 heterocycles. The van der Waals surface area contributed by atoms with Crippen LogP contribution >= 0.6 is 0 Å². The molecule has 0 spiro atoms. The summed E-state index contributed by atoms with van der Waals surface area (Å²) >= 11 is 0. The van der Waals surface area contributed by atoms with Crippen molar-refractivity contribution in [3.05, 3.63) is 188 Å². The summed E-state index contributed by atoms with van der Waals surface area (Å²) in [5, 5.41) is 9.18. The molecule has 0 amide bonds. The molecule has 0 unspecified atom stereocenters. The molecular formula is C50H31NO2. The van der Waals surface area contributed by atoms with E-state index in [0.29, 0.717) is 0 Å². The molecule has 0 aliphatic carbocycles. The maximum atomic E-state index is 6.64. The number of nitrogens with zero attached hydrogens (tertiary/aromatic N) is 1. The maximum Gasteiger partial charge on any atom is 0.143 e. The summed E-state index contributed by atoms with van der Waals surface area (Å²) in [6, 6.07) is 66.9. The van der Waals surface area contributed by atoms with Gasteiger partial charge in [0.15, 0.2) is 0 Å². The highest BCUT2D eigenvalue weighted by Crippen LogP contribution is 2.46. The van der Waals surface area contributed by atoms with Crippen molar-refractivity contribution in [3.8, 4) is 22.3 Å². The predicted molar refractivity (Wildman–Crippen MR) is 222 cm³/mol. The lowest BCUT2D eigenvalue weighted by Crippen LogP contribution is -2.11. The van der Waals surface area contributed by atoms with Crippen LogP contribution in [-0.2, 0) is 0 Å². The number of benzene rings is 9. The van der Waals surface area contributed by atoms with E-state index in [1.54, 1.807) is 0 Å². The van der Waals surface area contributed by atoms with Gasteiger partial charge in [-0.25, -0.2) is 0 Å². The average Bonchev–Trinajstić information content (AvgIpc) is 3.80. The fourth-order valence-electron chi connectivity index (χ4n) is 8.13. The van der Waals surface area contributed by atoms with E-state index in [-0.39, 0.29) is 0 Å². The highest BCUT2D eigenvalue weighted by molar-refractivity contribution is 6.20. The van der Waals surface area contributed by atoms with Crippen LogP contribution in [0.2, 0.25) is 0 Å². The van der Waals surface area contributed by atoms with Gasteiger partial charge < -0.3 is 13.7 Å². The van der Waals surface area contributed by atoms with Crippen LogP contribution in [0.1, 0.15) is 0 Å². The molecule has 3 heteroatoms. The Morgan fingerprint density at radius 1 is 0.340 bits per heavy atom. The first-order chi connectivity index (χ1) is 26.3. The highest BCUT2D eigenvalue weighted by atomic mass is 16.3. The summed E-state index contributed by atoms with van der Waals surface area (Å²) < 4.78 is 12.9. The zero-order valence-corrected chi connectivity index (χ0v) is 28.7. The second-order valence-corrected chi connectivity index (χ2v) is 13.7. The van der Waals surface area contributed by atoms with Crippen LogP contribution in [0.25, 0.3) is 87.7 Å². The Labute approximate surface area is 305 Å². The van der Waals surface area contributed by atoms with Crippen molar-refractivity contribution in [2.45, 2.75) is 0 Å². The Morgan fingerprint density at radius 3 is 1.91 bits per heavy atom. The lowest BCUT2D eigenvalue weighted by Gasteiger charge is -2.28. The van der Waals surface area contributed by atoms with Crippen molar-refractivity contribution >= 4 is 82.5 Å². The number of rotatable bonds is 5. The number of para-hydroxylation sites is 2. The van der Waals surface area contributed by atoms with Gasteiger partial charge in [-0.15, -0.1) is 0 Å². The Kier molecular flexibility index (Phi) is 6.55. The second-order valence-electron chi connectivity index (χ2n) is 13.7. The molecule has 0 bridgehead atoms. The lowest BCUT2D eigenvalue weighted by atomic mass is 9.96. The Hall–Kier alpha value is -7.10. The normalized spacial score (nSPS) is 11.8. The number of hydrogen-bond acceptors (Lipinski definition) is 3. The van der Waals surface area contributed by atoms with Crippen molar-refractivity contribution in [1.29, 1.82) is 0 Å². The number of fused-ring (bicyclic) bond motifs is 9. The Balaban J connectivity index is 1.13. The zero-order valence-electron chi connectivity index (χ0n) is 28.7. The molecule has 11 aromatic rings. The minimum absolute atomic E-state index is 0.872. The monoisotopic (exact) mass is 677 g/mol. The first-order valence-electron chi connectivity index (χ1n) is 18.0. The van der Waals surface area contributed by atoms with Gasteiger partial charge in [0.2, 0.25) is 0 Å². The predicted octanol–water partition coefficient (Wildman–Crippen LogP) is 14.6. The minimum Gasteiger partial charge on any atom is -0.456 e. The van der Waals surface area contributed by atoms with Crippen LogP contribution < -0.4 is 4.90 Å². The minimum atomic E-state index is 0.872. The van der Waals surface area contributed by atoms with Crippen LogP contribution in [0.15, 0.2) is 197 Å². The van der Waals surface area contributed by atoms with Gasteiger partial charge in [0.25, 0.3) is 0 Å². The smallest absolute Gasteiger partial charge is 0.143 e. The van der Waals surface area contributed by atoms with Crippen LogP contribution in [0.4, 0.5) is 17.1 Å². The largest absolute Gasteiger partial charge is 0.456 e. The summed E-state index contributed by atoms with van der Waals surface area (Å²) in [5.74, 6) is 0. The molecule has 0 aliphatic rings. The third kappa shape index (κ3) is 4.75. The van der Waals surface area contributed by atoms with Gasteiger partial charge in [-0.2, -0.15) is 0 Å². The molecule has 0 radical (unpaired) electrons. The molecule has 0 atom stereocenters. The summed E-state index contributed by atoms with van der Waals surface area (Å²) in [6.45, 7) is 0. The molecule has 0 fully saturated rings. The molecule has 0 saturated carbocycles. The molecule has 53 heavy (non-hydrogen) atoms. The highest BCUT2D eigenvalue weighted by Gasteiger charge is 2.22. The summed E-state index contributed by atoms with van der Waals surface area (Å²) in [5.41, 5.74) is 11.3. The number of furan rings is 2. The molecule has 0 saturated heterocycles. The standard InChI is InChI=1S/C50H31NO2/c1-2-12-35-30-36(21-20-32(35)10-1)33-22-25-37(26-23-33)51(38-27-29-47-44(31-38)41-15-6-8-18-46(41)52-47)45-17-7-5-14-40(45)42-16-9-19-48-49(42)43-28-24-34-11-3-4-13-39(34)50(43)53-48/h1-31H. The van der Waals surface area contributed by atoms with Crippen molar-refractivity contribution in [2.24, 2.45) is 0 Å². The molecule has 9 aromatic carbocycles. The van der Waals surface area contributed by atoms with E-state index in [4.69, 9.17) is 8.83 Å². The molecule has 2 aromatic heterocycles. The first-order valence-corrected chi connectivity index (χ1v) is 18.0. The molecule has 0 aliphatic heterocycles. The van der Waals surface area contributed by atoms with Gasteiger partial charge in [-0.05, 0) is 93.5 Å². The van der Waals surface area contributed by atoms with Gasteiger partial charge in [-0.3, -0.25) is 0 Å². The fraction of sp³-hybridized carbons (Fsp3) is 0. The van der Waals surface area contributed by atoms with Crippen LogP contribution in [0, 0.1) is 0 Å². The molecule has 3 nitrogen and oxygen atoms in total. The number of anilines is 3. The topological polar surface area (TPSA) is 29.5 Å². The van der Waals surface area contributed by atoms with Crippen molar-refractivity contribution in [1.82, 2.24) is 0 Å². The third-order valence-electron chi connectivity index (χ3n) is 10.6. The van der Waals surface area contributed by atoms with E-state index in [0.717, 1.165) is 77.5 Å². The van der Waals surface area contributed by atoms with Crippen LogP contribution in [-0.4, -0.2) is 0 Å². The van der Waals surface area contributed by atoms with Gasteiger partial charge in [0.1, 0.15) is 22.3 Å². The third-order valence-corrected chi connectivity index (χ3v) is 10.6. The fourth-order valence-corrected chi connectivity index (χ4v) is 8.13. The van der Waals surface area contributed by atoms with Crippen molar-refractivity contribution < 1.29 is 8.83 Å². The summed E-state index contributed by atoms with van der Waals surface area (Å²) in [6.07, 6.45) is 0. The van der Waals surface area contributed by atoms with Crippen LogP contribution in [0.3, 0.4) is 0 Å². The second kappa shape index (κ2) is 11.7. The average molecular weight is 678 g/mol. The van der Waals surface area contributed by atoms with Gasteiger partial charge >= 0.3 is 0 Å². The quantitative estimate of drug-likeness (QED) is 0.182. The van der Waals surface area contributed by atoms with Gasteiger partial charge in [-0.1, -0.05) is 127 Å². The van der Waals surface area contributed by atoms with E-state index in [1.807, 2.05) is 12.1 Å². The van der Waals surface area contributed by atoms with Crippen molar-refractivity contribution in [2.75, 3.05) is 4.90 Å². The van der Waals surface area contributed by atoms with Gasteiger partial charge in [0.05, 0.1) is 5.69 Å². The number of hydrogen-bond donors (Lipinski definition) is 0. The first kappa shape index (κ1) is 29.6. The van der Waals surface area contributed by atoms with Crippen molar-refractivity contribution in [3.63, 3.8) is 0 Å². The molecular weight excluding hydrogens is 647 g/mol. The van der Waals surface area contributed by atoms with E-state index >= 15 is 0 Å². The van der Waals surface area contributed by atoms with E-state index in [9.17, 15) is 0 Å². The van der Waals surface area contributed by atoms with E-state index in [1.165, 1.54) is 27.3 Å². The van der Waals surface area contributed by atoms with E-state index < -0.39 is 0 Å². The SMILES string of the molecule is c1ccc(N(c2ccc(-c3ccc4ccccc4c3)cc2)c2ccc3oc4ccccc4c3c2)c(-c2cccc3oc4c5ccccc5ccc4c23)c1. The summed E-state index contributed by atoms with van der Waals surface area (Å²) in [4.78, 5) is 2.37. The molecule has 248 valence electrons. The Bertz CT molecular complexity index is 3180. The Morgan fingerprint density at radius 2 is 1.00 bits per heavy atom. The summed E-state index contributed by atoms with van der Waals surface area (Å²) in [7, 11) is 0. The van der Waals surface area contributed by atoms with Gasteiger partial charge in [0, 0.05) is 43.9 Å². The molecule has 0 N–H and O–H groups in total. The maximum absolute atomic E-state index is 6.64.